The summed E-state index contributed by atoms with van der Waals surface area (Å²) in [5.74, 6) is 0.285. The molecule has 0 radical (unpaired) electrons. The number of amides is 2. The Kier molecular flexibility index (Phi) is 4.02. The highest BCUT2D eigenvalue weighted by Gasteiger charge is 2.17. The molecule has 2 amide bonds. The SMILES string of the molecule is COc1ccc(C)cc1C(=O)Nc1ccc2c(c1)NC(=O)CC2. The van der Waals surface area contributed by atoms with Crippen molar-refractivity contribution in [3.63, 3.8) is 0 Å². The maximum Gasteiger partial charge on any atom is 0.259 e. The molecule has 2 aromatic carbocycles. The van der Waals surface area contributed by atoms with Gasteiger partial charge in [0.2, 0.25) is 5.91 Å². The average molecular weight is 310 g/mol. The van der Waals surface area contributed by atoms with Crippen LogP contribution in [0.3, 0.4) is 0 Å². The van der Waals surface area contributed by atoms with Gasteiger partial charge in [0.1, 0.15) is 5.75 Å². The van der Waals surface area contributed by atoms with Gasteiger partial charge in [0.05, 0.1) is 12.7 Å². The fourth-order valence-electron chi connectivity index (χ4n) is 2.65. The zero-order chi connectivity index (χ0) is 16.4. The molecule has 5 heteroatoms. The van der Waals surface area contributed by atoms with Crippen LogP contribution in [0.2, 0.25) is 0 Å². The number of carbonyl (C=O) groups excluding carboxylic acids is 2. The van der Waals surface area contributed by atoms with Crippen molar-refractivity contribution in [3.05, 3.63) is 53.1 Å². The molecule has 0 spiro atoms. The summed E-state index contributed by atoms with van der Waals surface area (Å²) in [6.45, 7) is 1.92. The monoisotopic (exact) mass is 310 g/mol. The number of rotatable bonds is 3. The van der Waals surface area contributed by atoms with Gasteiger partial charge in [0.15, 0.2) is 0 Å². The predicted octanol–water partition coefficient (Wildman–Crippen LogP) is 3.14. The Morgan fingerprint density at radius 3 is 2.78 bits per heavy atom. The van der Waals surface area contributed by atoms with Gasteiger partial charge in [-0.25, -0.2) is 0 Å². The normalized spacial score (nSPS) is 13.0. The zero-order valence-corrected chi connectivity index (χ0v) is 13.1. The summed E-state index contributed by atoms with van der Waals surface area (Å²) in [6, 6.07) is 11.0. The Labute approximate surface area is 134 Å². The van der Waals surface area contributed by atoms with Crippen LogP contribution in [0.15, 0.2) is 36.4 Å². The molecular formula is C18H18N2O3. The van der Waals surface area contributed by atoms with Crippen molar-refractivity contribution in [3.8, 4) is 5.75 Å². The number of benzene rings is 2. The first kappa shape index (κ1) is 15.1. The number of nitrogens with one attached hydrogen (secondary N) is 2. The summed E-state index contributed by atoms with van der Waals surface area (Å²) in [5.41, 5.74) is 3.94. The van der Waals surface area contributed by atoms with E-state index in [4.69, 9.17) is 4.74 Å². The van der Waals surface area contributed by atoms with Crippen molar-refractivity contribution in [2.75, 3.05) is 17.7 Å². The summed E-state index contributed by atoms with van der Waals surface area (Å²) in [6.07, 6.45) is 1.22. The fourth-order valence-corrected chi connectivity index (χ4v) is 2.65. The Morgan fingerprint density at radius 1 is 1.17 bits per heavy atom. The number of hydrogen-bond acceptors (Lipinski definition) is 3. The van der Waals surface area contributed by atoms with E-state index in [1.165, 1.54) is 7.11 Å². The van der Waals surface area contributed by atoms with E-state index in [0.717, 1.165) is 23.2 Å². The molecule has 1 heterocycles. The number of fused-ring (bicyclic) bond motifs is 1. The molecule has 1 aliphatic heterocycles. The molecule has 0 saturated heterocycles. The maximum absolute atomic E-state index is 12.5. The van der Waals surface area contributed by atoms with Gasteiger partial charge < -0.3 is 15.4 Å². The maximum atomic E-state index is 12.5. The Bertz CT molecular complexity index is 784. The number of hydrogen-bond donors (Lipinski definition) is 2. The van der Waals surface area contributed by atoms with Gasteiger partial charge in [-0.15, -0.1) is 0 Å². The van der Waals surface area contributed by atoms with Crippen LogP contribution in [0.1, 0.15) is 27.9 Å². The summed E-state index contributed by atoms with van der Waals surface area (Å²) in [4.78, 5) is 24.0. The molecule has 1 aliphatic rings. The fraction of sp³-hybridized carbons (Fsp3) is 0.222. The van der Waals surface area contributed by atoms with Crippen LogP contribution in [-0.2, 0) is 11.2 Å². The van der Waals surface area contributed by atoms with E-state index in [2.05, 4.69) is 10.6 Å². The quantitative estimate of drug-likeness (QED) is 0.915. The number of anilines is 2. The van der Waals surface area contributed by atoms with Gasteiger partial charge in [-0.2, -0.15) is 0 Å². The van der Waals surface area contributed by atoms with Gasteiger partial charge in [0, 0.05) is 17.8 Å². The lowest BCUT2D eigenvalue weighted by molar-refractivity contribution is -0.116. The Balaban J connectivity index is 1.85. The highest BCUT2D eigenvalue weighted by Crippen LogP contribution is 2.27. The van der Waals surface area contributed by atoms with Gasteiger partial charge in [-0.3, -0.25) is 9.59 Å². The predicted molar refractivity (Wildman–Crippen MR) is 89.1 cm³/mol. The molecule has 3 rings (SSSR count). The minimum Gasteiger partial charge on any atom is -0.496 e. The van der Waals surface area contributed by atoms with Crippen LogP contribution >= 0.6 is 0 Å². The van der Waals surface area contributed by atoms with E-state index in [1.54, 1.807) is 18.2 Å². The van der Waals surface area contributed by atoms with Crippen molar-refractivity contribution < 1.29 is 14.3 Å². The number of aryl methyl sites for hydroxylation is 2. The second-order valence-corrected chi connectivity index (χ2v) is 5.58. The summed E-state index contributed by atoms with van der Waals surface area (Å²) < 4.78 is 5.25. The molecule has 0 saturated carbocycles. The molecule has 23 heavy (non-hydrogen) atoms. The first-order valence-corrected chi connectivity index (χ1v) is 7.45. The lowest BCUT2D eigenvalue weighted by Crippen LogP contribution is -2.19. The molecule has 0 aromatic heterocycles. The van der Waals surface area contributed by atoms with E-state index in [1.807, 2.05) is 25.1 Å². The minimum absolute atomic E-state index is 0.00123. The van der Waals surface area contributed by atoms with Gasteiger partial charge in [-0.1, -0.05) is 17.7 Å². The second kappa shape index (κ2) is 6.12. The van der Waals surface area contributed by atoms with E-state index < -0.39 is 0 Å². The first-order chi connectivity index (χ1) is 11.1. The third-order valence-electron chi connectivity index (χ3n) is 3.86. The van der Waals surface area contributed by atoms with Crippen molar-refractivity contribution in [1.29, 1.82) is 0 Å². The Hall–Kier alpha value is -2.82. The third kappa shape index (κ3) is 3.18. The highest BCUT2D eigenvalue weighted by molar-refractivity contribution is 6.07. The molecule has 0 aliphatic carbocycles. The topological polar surface area (TPSA) is 67.4 Å². The van der Waals surface area contributed by atoms with Gasteiger partial charge >= 0.3 is 0 Å². The van der Waals surface area contributed by atoms with Crippen LogP contribution in [0.5, 0.6) is 5.75 Å². The van der Waals surface area contributed by atoms with Crippen LogP contribution in [-0.4, -0.2) is 18.9 Å². The summed E-state index contributed by atoms with van der Waals surface area (Å²) in [5, 5.41) is 5.68. The summed E-state index contributed by atoms with van der Waals surface area (Å²) >= 11 is 0. The molecule has 118 valence electrons. The molecule has 0 unspecified atom stereocenters. The zero-order valence-electron chi connectivity index (χ0n) is 13.1. The van der Waals surface area contributed by atoms with Crippen molar-refractivity contribution >= 4 is 23.2 Å². The Morgan fingerprint density at radius 2 is 2.00 bits per heavy atom. The van der Waals surface area contributed by atoms with Gasteiger partial charge in [0.25, 0.3) is 5.91 Å². The molecular weight excluding hydrogens is 292 g/mol. The van der Waals surface area contributed by atoms with Crippen molar-refractivity contribution in [2.24, 2.45) is 0 Å². The van der Waals surface area contributed by atoms with Crippen LogP contribution in [0.4, 0.5) is 11.4 Å². The van der Waals surface area contributed by atoms with E-state index in [9.17, 15) is 9.59 Å². The lowest BCUT2D eigenvalue weighted by atomic mass is 10.0. The van der Waals surface area contributed by atoms with Crippen LogP contribution in [0.25, 0.3) is 0 Å². The molecule has 0 bridgehead atoms. The van der Waals surface area contributed by atoms with Crippen LogP contribution < -0.4 is 15.4 Å². The number of ether oxygens (including phenoxy) is 1. The third-order valence-corrected chi connectivity index (χ3v) is 3.86. The van der Waals surface area contributed by atoms with E-state index >= 15 is 0 Å². The van der Waals surface area contributed by atoms with Gasteiger partial charge in [-0.05, 0) is 43.2 Å². The molecule has 0 atom stereocenters. The number of methoxy groups -OCH3 is 1. The minimum atomic E-state index is -0.243. The van der Waals surface area contributed by atoms with Crippen molar-refractivity contribution in [2.45, 2.75) is 19.8 Å². The molecule has 0 fully saturated rings. The standard InChI is InChI=1S/C18H18N2O3/c1-11-3-7-16(23-2)14(9-11)18(22)19-13-6-4-12-5-8-17(21)20-15(12)10-13/h3-4,6-7,9-10H,5,8H2,1-2H3,(H,19,22)(H,20,21). The van der Waals surface area contributed by atoms with Crippen molar-refractivity contribution in [1.82, 2.24) is 0 Å². The smallest absolute Gasteiger partial charge is 0.259 e. The average Bonchev–Trinajstić information content (AvgIpc) is 2.54. The first-order valence-electron chi connectivity index (χ1n) is 7.45. The summed E-state index contributed by atoms with van der Waals surface area (Å²) in [7, 11) is 1.54. The van der Waals surface area contributed by atoms with Crippen LogP contribution in [0, 0.1) is 6.92 Å². The molecule has 2 N–H and O–H groups in total. The van der Waals surface area contributed by atoms with E-state index in [-0.39, 0.29) is 11.8 Å². The molecule has 5 nitrogen and oxygen atoms in total. The van der Waals surface area contributed by atoms with E-state index in [0.29, 0.717) is 23.4 Å². The highest BCUT2D eigenvalue weighted by atomic mass is 16.5. The molecule has 2 aromatic rings. The second-order valence-electron chi connectivity index (χ2n) is 5.58. The lowest BCUT2D eigenvalue weighted by Gasteiger charge is -2.18. The largest absolute Gasteiger partial charge is 0.496 e. The number of carbonyl (C=O) groups is 2.